The molecule has 1 atom stereocenters. The summed E-state index contributed by atoms with van der Waals surface area (Å²) in [6.07, 6.45) is 0. The number of benzene rings is 3. The van der Waals surface area contributed by atoms with E-state index in [0.29, 0.717) is 23.1 Å². The fraction of sp³-hybridized carbons (Fsp3) is 0.0952. The summed E-state index contributed by atoms with van der Waals surface area (Å²) in [6.45, 7) is 0.430. The van der Waals surface area contributed by atoms with Crippen molar-refractivity contribution in [2.75, 3.05) is 5.32 Å². The van der Waals surface area contributed by atoms with Gasteiger partial charge in [0.2, 0.25) is 5.91 Å². The Labute approximate surface area is 163 Å². The van der Waals surface area contributed by atoms with Gasteiger partial charge in [-0.1, -0.05) is 72.3 Å². The summed E-state index contributed by atoms with van der Waals surface area (Å²) in [6, 6.07) is 24.4. The Morgan fingerprint density at radius 2 is 1.65 bits per heavy atom. The lowest BCUT2D eigenvalue weighted by atomic mass is 10.1. The third kappa shape index (κ3) is 4.81. The molecule has 0 aromatic heterocycles. The van der Waals surface area contributed by atoms with Crippen molar-refractivity contribution in [1.82, 2.24) is 0 Å². The molecule has 0 radical (unpaired) electrons. The van der Waals surface area contributed by atoms with Crippen LogP contribution in [0.4, 0.5) is 5.69 Å². The van der Waals surface area contributed by atoms with Gasteiger partial charge < -0.3 is 10.1 Å². The minimum Gasteiger partial charge on any atom is -0.487 e. The highest BCUT2D eigenvalue weighted by Gasteiger charge is 2.16. The molecule has 0 saturated carbocycles. The van der Waals surface area contributed by atoms with E-state index in [1.807, 2.05) is 60.7 Å². The summed E-state index contributed by atoms with van der Waals surface area (Å²) < 4.78 is 5.74. The molecule has 0 spiro atoms. The lowest BCUT2D eigenvalue weighted by molar-refractivity contribution is -0.115. The summed E-state index contributed by atoms with van der Waals surface area (Å²) in [4.78, 5) is 12.4. The van der Waals surface area contributed by atoms with Crippen LogP contribution in [0.2, 0.25) is 5.02 Å². The topological polar surface area (TPSA) is 38.3 Å². The fourth-order valence-electron chi connectivity index (χ4n) is 2.43. The molecule has 1 amide bonds. The molecule has 0 aliphatic carbocycles. The molecule has 132 valence electrons. The average Bonchev–Trinajstić information content (AvgIpc) is 2.68. The number of nitrogens with one attached hydrogen (secondary N) is 1. The largest absolute Gasteiger partial charge is 0.487 e. The minimum absolute atomic E-state index is 0.214. The lowest BCUT2D eigenvalue weighted by Crippen LogP contribution is -2.17. The van der Waals surface area contributed by atoms with Crippen LogP contribution >= 0.6 is 24.2 Å². The molecule has 5 heteroatoms. The zero-order valence-electron chi connectivity index (χ0n) is 13.9. The van der Waals surface area contributed by atoms with E-state index >= 15 is 0 Å². The first-order valence-electron chi connectivity index (χ1n) is 8.13. The van der Waals surface area contributed by atoms with Crippen molar-refractivity contribution in [3.63, 3.8) is 0 Å². The number of halogens is 1. The number of thiol groups is 1. The van der Waals surface area contributed by atoms with Crippen LogP contribution < -0.4 is 10.1 Å². The summed E-state index contributed by atoms with van der Waals surface area (Å²) in [5, 5.41) is 2.71. The normalized spacial score (nSPS) is 11.6. The molecule has 1 unspecified atom stereocenters. The van der Waals surface area contributed by atoms with Crippen molar-refractivity contribution < 1.29 is 9.53 Å². The monoisotopic (exact) mass is 383 g/mol. The molecule has 3 aromatic rings. The second-order valence-corrected chi connectivity index (χ2v) is 6.65. The number of carbonyl (C=O) groups excluding carboxylic acids is 1. The Morgan fingerprint density at radius 1 is 1.00 bits per heavy atom. The lowest BCUT2D eigenvalue weighted by Gasteiger charge is -2.13. The van der Waals surface area contributed by atoms with Gasteiger partial charge >= 0.3 is 0 Å². The van der Waals surface area contributed by atoms with E-state index in [4.69, 9.17) is 16.3 Å². The molecule has 0 fully saturated rings. The first-order valence-corrected chi connectivity index (χ1v) is 9.03. The number of anilines is 1. The van der Waals surface area contributed by atoms with Crippen molar-refractivity contribution in [2.45, 2.75) is 11.9 Å². The molecule has 0 bridgehead atoms. The van der Waals surface area contributed by atoms with Crippen LogP contribution in [0.25, 0.3) is 0 Å². The standard InChI is InChI=1S/C21H18ClNO2S/c22-18-13-17(23-21(24)20(26)16-9-5-2-6-10-16)11-12-19(18)25-14-15-7-3-1-4-8-15/h1-13,20,26H,14H2,(H,23,24). The third-order valence-electron chi connectivity index (χ3n) is 3.80. The number of amides is 1. The number of hydrogen-bond donors (Lipinski definition) is 2. The zero-order valence-corrected chi connectivity index (χ0v) is 15.6. The molecule has 0 saturated heterocycles. The molecule has 1 N–H and O–H groups in total. The maximum Gasteiger partial charge on any atom is 0.241 e. The first-order chi connectivity index (χ1) is 12.6. The van der Waals surface area contributed by atoms with E-state index in [2.05, 4.69) is 17.9 Å². The Kier molecular flexibility index (Phi) is 6.21. The van der Waals surface area contributed by atoms with E-state index in [1.165, 1.54) is 0 Å². The highest BCUT2D eigenvalue weighted by Crippen LogP contribution is 2.29. The number of rotatable bonds is 6. The Morgan fingerprint density at radius 3 is 2.31 bits per heavy atom. The van der Waals surface area contributed by atoms with Gasteiger partial charge in [-0.25, -0.2) is 0 Å². The van der Waals surface area contributed by atoms with Gasteiger partial charge in [0.05, 0.1) is 5.02 Å². The van der Waals surface area contributed by atoms with Crippen molar-refractivity contribution in [3.8, 4) is 5.75 Å². The van der Waals surface area contributed by atoms with Gasteiger partial charge in [0, 0.05) is 5.69 Å². The van der Waals surface area contributed by atoms with Crippen LogP contribution in [0.5, 0.6) is 5.75 Å². The van der Waals surface area contributed by atoms with Crippen LogP contribution in [0, 0.1) is 0 Å². The molecular formula is C21H18ClNO2S. The highest BCUT2D eigenvalue weighted by molar-refractivity contribution is 7.81. The molecule has 3 aromatic carbocycles. The summed E-state index contributed by atoms with van der Waals surface area (Å²) in [5.74, 6) is 0.354. The molecule has 3 rings (SSSR count). The Balaban J connectivity index is 1.63. The van der Waals surface area contributed by atoms with Gasteiger partial charge in [-0.3, -0.25) is 4.79 Å². The summed E-state index contributed by atoms with van der Waals surface area (Å²) >= 11 is 10.7. The van der Waals surface area contributed by atoms with Crippen molar-refractivity contribution in [1.29, 1.82) is 0 Å². The van der Waals surface area contributed by atoms with Gasteiger partial charge in [0.15, 0.2) is 0 Å². The van der Waals surface area contributed by atoms with Gasteiger partial charge in [-0.15, -0.1) is 0 Å². The molecule has 3 nitrogen and oxygen atoms in total. The number of ether oxygens (including phenoxy) is 1. The van der Waals surface area contributed by atoms with Crippen LogP contribution in [-0.4, -0.2) is 5.91 Å². The Bertz CT molecular complexity index is 872. The van der Waals surface area contributed by atoms with Gasteiger partial charge in [0.25, 0.3) is 0 Å². The highest BCUT2D eigenvalue weighted by atomic mass is 35.5. The average molecular weight is 384 g/mol. The van der Waals surface area contributed by atoms with Crippen molar-refractivity contribution in [2.24, 2.45) is 0 Å². The van der Waals surface area contributed by atoms with E-state index in [1.54, 1.807) is 18.2 Å². The van der Waals surface area contributed by atoms with Crippen LogP contribution in [-0.2, 0) is 11.4 Å². The molecule has 26 heavy (non-hydrogen) atoms. The maximum absolute atomic E-state index is 12.4. The van der Waals surface area contributed by atoms with Gasteiger partial charge in [0.1, 0.15) is 17.6 Å². The van der Waals surface area contributed by atoms with E-state index in [-0.39, 0.29) is 5.91 Å². The first kappa shape index (κ1) is 18.4. The summed E-state index contributed by atoms with van der Waals surface area (Å²) in [7, 11) is 0. The van der Waals surface area contributed by atoms with Crippen molar-refractivity contribution >= 4 is 35.8 Å². The third-order valence-corrected chi connectivity index (χ3v) is 4.63. The molecule has 0 aliphatic rings. The van der Waals surface area contributed by atoms with E-state index < -0.39 is 5.25 Å². The van der Waals surface area contributed by atoms with E-state index in [9.17, 15) is 4.79 Å². The molecule has 0 aliphatic heterocycles. The van der Waals surface area contributed by atoms with Gasteiger partial charge in [-0.05, 0) is 29.3 Å². The molecular weight excluding hydrogens is 366 g/mol. The summed E-state index contributed by atoms with van der Waals surface area (Å²) in [5.41, 5.74) is 2.49. The van der Waals surface area contributed by atoms with Crippen LogP contribution in [0.3, 0.4) is 0 Å². The predicted octanol–water partition coefficient (Wildman–Crippen LogP) is 5.53. The van der Waals surface area contributed by atoms with Crippen LogP contribution in [0.15, 0.2) is 78.9 Å². The number of hydrogen-bond acceptors (Lipinski definition) is 3. The SMILES string of the molecule is O=C(Nc1ccc(OCc2ccccc2)c(Cl)c1)C(S)c1ccccc1. The zero-order chi connectivity index (χ0) is 18.4. The molecule has 0 heterocycles. The van der Waals surface area contributed by atoms with Crippen molar-refractivity contribution in [3.05, 3.63) is 95.0 Å². The smallest absolute Gasteiger partial charge is 0.241 e. The maximum atomic E-state index is 12.4. The second-order valence-electron chi connectivity index (χ2n) is 5.72. The number of carbonyl (C=O) groups is 1. The fourth-order valence-corrected chi connectivity index (χ4v) is 2.90. The second kappa shape index (κ2) is 8.79. The van der Waals surface area contributed by atoms with Crippen LogP contribution in [0.1, 0.15) is 16.4 Å². The minimum atomic E-state index is -0.552. The predicted molar refractivity (Wildman–Crippen MR) is 109 cm³/mol. The van der Waals surface area contributed by atoms with Gasteiger partial charge in [-0.2, -0.15) is 12.6 Å². The van der Waals surface area contributed by atoms with E-state index in [0.717, 1.165) is 11.1 Å². The Hall–Kier alpha value is -2.43. The quantitative estimate of drug-likeness (QED) is 0.549.